The van der Waals surface area contributed by atoms with E-state index in [4.69, 9.17) is 4.74 Å². The molecular formula is C28H22O12. The van der Waals surface area contributed by atoms with Gasteiger partial charge in [0.1, 0.15) is 0 Å². The zero-order valence-electron chi connectivity index (χ0n) is 20.8. The number of carbonyl (C=O) groups is 6. The topological polar surface area (TPSA) is 213 Å². The average Bonchev–Trinajstić information content (AvgIpc) is 2.91. The van der Waals surface area contributed by atoms with Crippen LogP contribution in [0.1, 0.15) is 81.9 Å². The van der Waals surface area contributed by atoms with Crippen LogP contribution < -0.4 is 0 Å². The van der Waals surface area contributed by atoms with E-state index in [9.17, 15) is 54.3 Å². The normalized spacial score (nSPS) is 10.5. The molecule has 0 aliphatic carbocycles. The smallest absolute Gasteiger partial charge is 0.339 e. The lowest BCUT2D eigenvalue weighted by molar-refractivity contribution is 0.0489. The predicted molar refractivity (Wildman–Crippen MR) is 137 cm³/mol. The zero-order valence-corrected chi connectivity index (χ0v) is 20.8. The number of benzene rings is 3. The molecule has 0 unspecified atom stereocenters. The Bertz CT molecular complexity index is 1570. The van der Waals surface area contributed by atoms with E-state index in [0.29, 0.717) is 12.8 Å². The summed E-state index contributed by atoms with van der Waals surface area (Å²) in [6.45, 7) is 1.78. The number of hydrogen-bond acceptors (Lipinski definition) is 7. The van der Waals surface area contributed by atoms with Crippen LogP contribution in [0.5, 0.6) is 0 Å². The van der Waals surface area contributed by atoms with Gasteiger partial charge in [-0.2, -0.15) is 0 Å². The molecule has 0 fully saturated rings. The fourth-order valence-corrected chi connectivity index (χ4v) is 4.24. The van der Waals surface area contributed by atoms with Crippen LogP contribution in [0.4, 0.5) is 0 Å². The van der Waals surface area contributed by atoms with Crippen LogP contribution in [0.25, 0.3) is 22.3 Å². The summed E-state index contributed by atoms with van der Waals surface area (Å²) in [6.07, 6.45) is 1.12. The van der Waals surface area contributed by atoms with Crippen molar-refractivity contribution in [3.63, 3.8) is 0 Å². The Hall–Kier alpha value is -5.52. The van der Waals surface area contributed by atoms with E-state index < -0.39 is 80.3 Å². The van der Waals surface area contributed by atoms with Crippen LogP contribution in [0, 0.1) is 0 Å². The van der Waals surface area contributed by atoms with Gasteiger partial charge in [0, 0.05) is 5.56 Å². The van der Waals surface area contributed by atoms with E-state index in [2.05, 4.69) is 0 Å². The first kappa shape index (κ1) is 29.0. The van der Waals surface area contributed by atoms with Gasteiger partial charge in [-0.05, 0) is 41.3 Å². The molecule has 12 heteroatoms. The lowest BCUT2D eigenvalue weighted by Gasteiger charge is -2.20. The van der Waals surface area contributed by atoms with Crippen LogP contribution in [-0.4, -0.2) is 68.0 Å². The molecule has 40 heavy (non-hydrogen) atoms. The highest BCUT2D eigenvalue weighted by molar-refractivity contribution is 6.16. The molecule has 5 N–H and O–H groups in total. The summed E-state index contributed by atoms with van der Waals surface area (Å²) in [5.74, 6) is -9.48. The maximum atomic E-state index is 12.9. The van der Waals surface area contributed by atoms with Crippen molar-refractivity contribution in [2.45, 2.75) is 19.8 Å². The molecule has 0 aliphatic heterocycles. The Morgan fingerprint density at radius 2 is 1.07 bits per heavy atom. The van der Waals surface area contributed by atoms with Crippen molar-refractivity contribution in [1.29, 1.82) is 0 Å². The van der Waals surface area contributed by atoms with Crippen molar-refractivity contribution in [3.05, 3.63) is 81.9 Å². The minimum Gasteiger partial charge on any atom is -0.478 e. The Balaban J connectivity index is 2.59. The molecular weight excluding hydrogens is 528 g/mol. The minimum atomic E-state index is -1.75. The van der Waals surface area contributed by atoms with Gasteiger partial charge in [0.2, 0.25) is 0 Å². The number of carbonyl (C=O) groups excluding carboxylic acids is 1. The number of rotatable bonds is 11. The van der Waals surface area contributed by atoms with Crippen LogP contribution in [0.15, 0.2) is 48.5 Å². The Morgan fingerprint density at radius 3 is 1.55 bits per heavy atom. The summed E-state index contributed by atoms with van der Waals surface area (Å²) in [4.78, 5) is 73.7. The first-order chi connectivity index (χ1) is 18.9. The molecule has 0 aliphatic rings. The highest BCUT2D eigenvalue weighted by Gasteiger charge is 2.32. The Labute approximate surface area is 225 Å². The van der Waals surface area contributed by atoms with Gasteiger partial charge in [-0.3, -0.25) is 0 Å². The lowest BCUT2D eigenvalue weighted by Crippen LogP contribution is -2.17. The molecule has 0 atom stereocenters. The molecule has 0 amide bonds. The molecule has 0 saturated heterocycles. The first-order valence-electron chi connectivity index (χ1n) is 11.7. The first-order valence-corrected chi connectivity index (χ1v) is 11.7. The van der Waals surface area contributed by atoms with Crippen molar-refractivity contribution < 1.29 is 59.0 Å². The molecule has 0 saturated carbocycles. The maximum absolute atomic E-state index is 12.9. The van der Waals surface area contributed by atoms with Gasteiger partial charge in [0.15, 0.2) is 0 Å². The maximum Gasteiger partial charge on any atom is 0.339 e. The molecule has 0 spiro atoms. The number of aromatic carboxylic acids is 5. The lowest BCUT2D eigenvalue weighted by atomic mass is 9.82. The van der Waals surface area contributed by atoms with Gasteiger partial charge in [-0.15, -0.1) is 0 Å². The average molecular weight is 550 g/mol. The summed E-state index contributed by atoms with van der Waals surface area (Å²) in [5.41, 5.74) is -5.77. The van der Waals surface area contributed by atoms with Crippen molar-refractivity contribution >= 4 is 35.8 Å². The summed E-state index contributed by atoms with van der Waals surface area (Å²) in [6, 6.07) is 8.80. The second kappa shape index (κ2) is 11.9. The molecule has 0 radical (unpaired) electrons. The summed E-state index contributed by atoms with van der Waals surface area (Å²) >= 11 is 0. The Morgan fingerprint density at radius 1 is 0.575 bits per heavy atom. The largest absolute Gasteiger partial charge is 0.478 e. The van der Waals surface area contributed by atoms with Crippen LogP contribution in [0.2, 0.25) is 0 Å². The number of carboxylic acids is 5. The molecule has 3 aromatic rings. The van der Waals surface area contributed by atoms with Crippen molar-refractivity contribution in [1.82, 2.24) is 0 Å². The fourth-order valence-electron chi connectivity index (χ4n) is 4.24. The van der Waals surface area contributed by atoms with Gasteiger partial charge in [-0.25, -0.2) is 28.8 Å². The molecule has 0 aromatic heterocycles. The van der Waals surface area contributed by atoms with E-state index >= 15 is 0 Å². The Kier molecular flexibility index (Phi) is 8.64. The number of esters is 1. The monoisotopic (exact) mass is 550 g/mol. The third-order valence-corrected chi connectivity index (χ3v) is 5.95. The second-order valence-electron chi connectivity index (χ2n) is 8.38. The van der Waals surface area contributed by atoms with E-state index in [0.717, 1.165) is 36.4 Å². The number of ether oxygens (including phenoxy) is 1. The van der Waals surface area contributed by atoms with Gasteiger partial charge >= 0.3 is 35.8 Å². The van der Waals surface area contributed by atoms with Crippen molar-refractivity contribution in [3.8, 4) is 22.3 Å². The predicted octanol–water partition coefficient (Wildman–Crippen LogP) is 4.47. The quantitative estimate of drug-likeness (QED) is 0.165. The summed E-state index contributed by atoms with van der Waals surface area (Å²) in [5, 5.41) is 49.3. The number of carboxylic acid groups (broad SMARTS) is 5. The third kappa shape index (κ3) is 5.50. The number of unbranched alkanes of at least 4 members (excludes halogenated alkanes) is 1. The highest BCUT2D eigenvalue weighted by Crippen LogP contribution is 2.41. The molecule has 0 heterocycles. The molecule has 3 aromatic carbocycles. The van der Waals surface area contributed by atoms with E-state index in [1.165, 1.54) is 12.1 Å². The SMILES string of the molecule is CCCCOC(=O)c1ccc(-c2cccc(C(=O)O)c2C(=O)O)c(-c2cccc(C(=O)O)c2C(=O)O)c1C(=O)O. The summed E-state index contributed by atoms with van der Waals surface area (Å²) < 4.78 is 5.16. The molecule has 12 nitrogen and oxygen atoms in total. The van der Waals surface area contributed by atoms with Crippen LogP contribution in [0.3, 0.4) is 0 Å². The fraction of sp³-hybridized carbons (Fsp3) is 0.143. The number of hydrogen-bond donors (Lipinski definition) is 5. The standard InChI is InChI=1S/C28H22O12/c1-2-3-12-40-28(39)18-11-10-14(13-6-4-8-16(23(29)30)20(13)25(33)34)19(22(18)27(37)38)15-7-5-9-17(24(31)32)21(15)26(35)36/h4-11H,2-3,12H2,1H3,(H,29,30)(H,31,32)(H,33,34)(H,35,36)(H,37,38). The summed E-state index contributed by atoms with van der Waals surface area (Å²) in [7, 11) is 0. The van der Waals surface area contributed by atoms with Gasteiger partial charge in [-0.1, -0.05) is 43.7 Å². The molecule has 0 bridgehead atoms. The second-order valence-corrected chi connectivity index (χ2v) is 8.38. The molecule has 3 rings (SSSR count). The van der Waals surface area contributed by atoms with E-state index in [-0.39, 0.29) is 17.7 Å². The highest BCUT2D eigenvalue weighted by atomic mass is 16.5. The van der Waals surface area contributed by atoms with Crippen molar-refractivity contribution in [2.24, 2.45) is 0 Å². The van der Waals surface area contributed by atoms with Crippen LogP contribution >= 0.6 is 0 Å². The van der Waals surface area contributed by atoms with Crippen molar-refractivity contribution in [2.75, 3.05) is 6.61 Å². The van der Waals surface area contributed by atoms with Crippen LogP contribution in [-0.2, 0) is 4.74 Å². The van der Waals surface area contributed by atoms with Gasteiger partial charge < -0.3 is 30.3 Å². The molecule has 206 valence electrons. The minimum absolute atomic E-state index is 0.0514. The van der Waals surface area contributed by atoms with Gasteiger partial charge in [0.05, 0.1) is 40.0 Å². The van der Waals surface area contributed by atoms with E-state index in [1.54, 1.807) is 0 Å². The van der Waals surface area contributed by atoms with Gasteiger partial charge in [0.25, 0.3) is 0 Å². The van der Waals surface area contributed by atoms with E-state index in [1.807, 2.05) is 6.92 Å². The third-order valence-electron chi connectivity index (χ3n) is 5.95. The zero-order chi connectivity index (χ0) is 29.7.